The predicted octanol–water partition coefficient (Wildman–Crippen LogP) is 10.5. The molecule has 0 aliphatic carbocycles. The Bertz CT molecular complexity index is 543. The van der Waals surface area contributed by atoms with E-state index in [9.17, 15) is 9.59 Å². The molecule has 0 N–H and O–H groups in total. The van der Waals surface area contributed by atoms with Crippen LogP contribution in [0.1, 0.15) is 170 Å². The largest absolute Gasteiger partial charge is 0.466 e. The van der Waals surface area contributed by atoms with Crippen LogP contribution in [0.15, 0.2) is 0 Å². The van der Waals surface area contributed by atoms with Gasteiger partial charge in [-0.25, -0.2) is 0 Å². The molecule has 226 valence electrons. The van der Waals surface area contributed by atoms with Crippen molar-refractivity contribution in [2.45, 2.75) is 170 Å². The number of hydrogen-bond donors (Lipinski definition) is 0. The molecule has 0 spiro atoms. The van der Waals surface area contributed by atoms with Crippen molar-refractivity contribution in [3.8, 4) is 0 Å². The van der Waals surface area contributed by atoms with Crippen LogP contribution in [-0.4, -0.2) is 25.2 Å². The average Bonchev–Trinajstić information content (AvgIpc) is 2.88. The first kappa shape index (κ1) is 36.9. The molecule has 0 saturated carbocycles. The summed E-state index contributed by atoms with van der Waals surface area (Å²) >= 11 is 0. The Morgan fingerprint density at radius 3 is 1.42 bits per heavy atom. The van der Waals surface area contributed by atoms with Gasteiger partial charge in [-0.1, -0.05) is 119 Å². The van der Waals surface area contributed by atoms with Gasteiger partial charge in [-0.15, -0.1) is 0 Å². The maximum Gasteiger partial charge on any atom is 0.309 e. The molecule has 0 heterocycles. The lowest BCUT2D eigenvalue weighted by Crippen LogP contribution is -2.25. The maximum atomic E-state index is 12.6. The van der Waals surface area contributed by atoms with E-state index in [4.69, 9.17) is 9.47 Å². The van der Waals surface area contributed by atoms with E-state index >= 15 is 0 Å². The van der Waals surface area contributed by atoms with E-state index in [0.717, 1.165) is 57.8 Å². The van der Waals surface area contributed by atoms with Crippen molar-refractivity contribution in [1.29, 1.82) is 0 Å². The number of esters is 2. The van der Waals surface area contributed by atoms with Gasteiger partial charge in [0.2, 0.25) is 0 Å². The predicted molar refractivity (Wildman–Crippen MR) is 162 cm³/mol. The highest BCUT2D eigenvalue weighted by Gasteiger charge is 2.26. The number of carbonyl (C=O) groups is 2. The summed E-state index contributed by atoms with van der Waals surface area (Å²) in [5.74, 6) is 1.92. The van der Waals surface area contributed by atoms with E-state index in [1.54, 1.807) is 0 Å². The summed E-state index contributed by atoms with van der Waals surface area (Å²) < 4.78 is 10.9. The molecule has 38 heavy (non-hydrogen) atoms. The zero-order valence-electron chi connectivity index (χ0n) is 26.5. The third kappa shape index (κ3) is 22.9. The van der Waals surface area contributed by atoms with E-state index in [1.807, 2.05) is 0 Å². The fourth-order valence-corrected chi connectivity index (χ4v) is 5.35. The molecule has 0 bridgehead atoms. The van der Waals surface area contributed by atoms with E-state index in [1.165, 1.54) is 64.2 Å². The Kier molecular flexibility index (Phi) is 25.4. The monoisotopic (exact) mass is 538 g/mol. The second kappa shape index (κ2) is 26.2. The first-order valence-electron chi connectivity index (χ1n) is 16.6. The Morgan fingerprint density at radius 2 is 0.974 bits per heavy atom. The lowest BCUT2D eigenvalue weighted by atomic mass is 9.84. The van der Waals surface area contributed by atoms with Crippen LogP contribution in [0.5, 0.6) is 0 Å². The molecule has 0 saturated heterocycles. The number of hydrogen-bond acceptors (Lipinski definition) is 4. The molecule has 0 aliphatic rings. The first-order chi connectivity index (χ1) is 18.3. The molecular weight excluding hydrogens is 472 g/mol. The van der Waals surface area contributed by atoms with Gasteiger partial charge in [-0.2, -0.15) is 0 Å². The molecule has 0 amide bonds. The minimum atomic E-state index is -0.0147. The van der Waals surface area contributed by atoms with Crippen LogP contribution in [0.3, 0.4) is 0 Å². The molecule has 2 unspecified atom stereocenters. The van der Waals surface area contributed by atoms with E-state index in [0.29, 0.717) is 37.4 Å². The third-order valence-electron chi connectivity index (χ3n) is 7.90. The molecule has 4 heteroatoms. The molecule has 0 aliphatic heterocycles. The smallest absolute Gasteiger partial charge is 0.309 e. The SMILES string of the molecule is CCC(CCCCCCCCCCCCCCC(=O)OCCCC(C)C)C(CC)C(=O)OCCCC(C)C. The fourth-order valence-electron chi connectivity index (χ4n) is 5.35. The van der Waals surface area contributed by atoms with Gasteiger partial charge in [0.05, 0.1) is 19.1 Å². The minimum Gasteiger partial charge on any atom is -0.466 e. The number of ether oxygens (including phenoxy) is 2. The van der Waals surface area contributed by atoms with E-state index < -0.39 is 0 Å². The molecular formula is C34H66O4. The second-order valence-electron chi connectivity index (χ2n) is 12.4. The zero-order valence-corrected chi connectivity index (χ0v) is 26.5. The Labute approximate surface area is 237 Å². The fraction of sp³-hybridized carbons (Fsp3) is 0.941. The van der Waals surface area contributed by atoms with Gasteiger partial charge in [0, 0.05) is 6.42 Å². The van der Waals surface area contributed by atoms with Crippen molar-refractivity contribution in [1.82, 2.24) is 0 Å². The van der Waals surface area contributed by atoms with Crippen molar-refractivity contribution in [3.63, 3.8) is 0 Å². The summed E-state index contributed by atoms with van der Waals surface area (Å²) in [6.45, 7) is 14.4. The van der Waals surface area contributed by atoms with Crippen molar-refractivity contribution in [2.75, 3.05) is 13.2 Å². The van der Waals surface area contributed by atoms with Gasteiger partial charge in [-0.3, -0.25) is 9.59 Å². The van der Waals surface area contributed by atoms with E-state index in [-0.39, 0.29) is 17.9 Å². The topological polar surface area (TPSA) is 52.6 Å². The maximum absolute atomic E-state index is 12.6. The summed E-state index contributed by atoms with van der Waals surface area (Å²) in [5.41, 5.74) is 0. The van der Waals surface area contributed by atoms with Gasteiger partial charge < -0.3 is 9.47 Å². The van der Waals surface area contributed by atoms with Crippen molar-refractivity contribution in [3.05, 3.63) is 0 Å². The summed E-state index contributed by atoms with van der Waals surface area (Å²) in [5, 5.41) is 0. The van der Waals surface area contributed by atoms with Crippen molar-refractivity contribution >= 4 is 11.9 Å². The van der Waals surface area contributed by atoms with E-state index in [2.05, 4.69) is 41.5 Å². The summed E-state index contributed by atoms with van der Waals surface area (Å²) in [7, 11) is 0. The third-order valence-corrected chi connectivity index (χ3v) is 7.90. The Balaban J connectivity index is 3.62. The van der Waals surface area contributed by atoms with Gasteiger partial charge >= 0.3 is 11.9 Å². The highest BCUT2D eigenvalue weighted by molar-refractivity contribution is 5.72. The Hall–Kier alpha value is -1.06. The quantitative estimate of drug-likeness (QED) is 0.0771. The average molecular weight is 539 g/mol. The summed E-state index contributed by atoms with van der Waals surface area (Å²) in [6.07, 6.45) is 23.1. The summed E-state index contributed by atoms with van der Waals surface area (Å²) in [4.78, 5) is 24.3. The summed E-state index contributed by atoms with van der Waals surface area (Å²) in [6, 6.07) is 0. The highest BCUT2D eigenvalue weighted by Crippen LogP contribution is 2.27. The lowest BCUT2D eigenvalue weighted by molar-refractivity contribution is -0.151. The van der Waals surface area contributed by atoms with Crippen LogP contribution in [0.4, 0.5) is 0 Å². The number of unbranched alkanes of at least 4 members (excludes halogenated alkanes) is 11. The van der Waals surface area contributed by atoms with Crippen LogP contribution in [0.2, 0.25) is 0 Å². The molecule has 0 aromatic heterocycles. The number of carbonyl (C=O) groups excluding carboxylic acids is 2. The molecule has 0 aromatic carbocycles. The van der Waals surface area contributed by atoms with Crippen LogP contribution in [0, 0.1) is 23.7 Å². The van der Waals surface area contributed by atoms with Crippen LogP contribution in [-0.2, 0) is 19.1 Å². The normalized spacial score (nSPS) is 13.2. The Morgan fingerprint density at radius 1 is 0.526 bits per heavy atom. The molecule has 0 fully saturated rings. The molecule has 0 aromatic rings. The van der Waals surface area contributed by atoms with Crippen molar-refractivity contribution in [2.24, 2.45) is 23.7 Å². The minimum absolute atomic E-state index is 0.0147. The van der Waals surface area contributed by atoms with Gasteiger partial charge in [0.15, 0.2) is 0 Å². The standard InChI is InChI=1S/C34H66O4/c1-7-31(32(8-2)34(36)38-28-22-24-30(5)6)25-19-17-15-13-11-9-10-12-14-16-18-20-26-33(35)37-27-21-23-29(3)4/h29-32H,7-28H2,1-6H3. The molecule has 0 rings (SSSR count). The first-order valence-corrected chi connectivity index (χ1v) is 16.6. The van der Waals surface area contributed by atoms with Crippen LogP contribution >= 0.6 is 0 Å². The van der Waals surface area contributed by atoms with Crippen LogP contribution < -0.4 is 0 Å². The van der Waals surface area contributed by atoms with Gasteiger partial charge in [0.25, 0.3) is 0 Å². The highest BCUT2D eigenvalue weighted by atomic mass is 16.5. The molecule has 4 nitrogen and oxygen atoms in total. The molecule has 0 radical (unpaired) electrons. The lowest BCUT2D eigenvalue weighted by Gasteiger charge is -2.24. The number of rotatable bonds is 27. The van der Waals surface area contributed by atoms with Gasteiger partial charge in [0.1, 0.15) is 0 Å². The molecule has 2 atom stereocenters. The van der Waals surface area contributed by atoms with Gasteiger partial charge in [-0.05, 0) is 62.7 Å². The second-order valence-corrected chi connectivity index (χ2v) is 12.4. The van der Waals surface area contributed by atoms with Crippen molar-refractivity contribution < 1.29 is 19.1 Å². The van der Waals surface area contributed by atoms with Crippen LogP contribution in [0.25, 0.3) is 0 Å². The zero-order chi connectivity index (χ0) is 28.4.